The van der Waals surface area contributed by atoms with Crippen LogP contribution in [0.25, 0.3) is 0 Å². The van der Waals surface area contributed by atoms with Crippen molar-refractivity contribution in [2.24, 2.45) is 5.92 Å². The number of furan rings is 1. The highest BCUT2D eigenvalue weighted by molar-refractivity contribution is 9.10. The molecule has 17 heavy (non-hydrogen) atoms. The molecular formula is C13H21BrN2O. The van der Waals surface area contributed by atoms with Crippen LogP contribution in [0.5, 0.6) is 0 Å². The zero-order valence-electron chi connectivity index (χ0n) is 10.7. The largest absolute Gasteiger partial charge is 0.453 e. The van der Waals surface area contributed by atoms with Crippen molar-refractivity contribution in [2.45, 2.75) is 32.4 Å². The number of hydrogen-bond donors (Lipinski definition) is 1. The van der Waals surface area contributed by atoms with Crippen LogP contribution < -0.4 is 5.32 Å². The second-order valence-electron chi connectivity index (χ2n) is 5.18. The number of nitrogens with zero attached hydrogens (tertiary/aromatic N) is 1. The lowest BCUT2D eigenvalue weighted by Crippen LogP contribution is -2.32. The van der Waals surface area contributed by atoms with E-state index in [1.807, 2.05) is 6.07 Å². The molecule has 96 valence electrons. The van der Waals surface area contributed by atoms with E-state index < -0.39 is 0 Å². The molecule has 2 unspecified atom stereocenters. The Balaban J connectivity index is 2.06. The molecule has 2 heterocycles. The number of nitrogens with one attached hydrogen (secondary N) is 1. The first-order valence-corrected chi connectivity index (χ1v) is 7.06. The fourth-order valence-electron chi connectivity index (χ4n) is 2.56. The molecule has 1 aromatic heterocycles. The number of halogens is 1. The minimum atomic E-state index is 0.410. The molecule has 4 heteroatoms. The average molecular weight is 301 g/mol. The molecular weight excluding hydrogens is 280 g/mol. The van der Waals surface area contributed by atoms with E-state index in [4.69, 9.17) is 4.42 Å². The van der Waals surface area contributed by atoms with Gasteiger partial charge < -0.3 is 9.73 Å². The van der Waals surface area contributed by atoms with Crippen LogP contribution in [0.3, 0.4) is 0 Å². The predicted octanol–water partition coefficient (Wildman–Crippen LogP) is 3.03. The lowest BCUT2D eigenvalue weighted by Gasteiger charge is -2.24. The van der Waals surface area contributed by atoms with Crippen LogP contribution in [-0.4, -0.2) is 31.1 Å². The van der Waals surface area contributed by atoms with Gasteiger partial charge in [0.05, 0.1) is 6.04 Å². The molecule has 0 aromatic carbocycles. The Hall–Kier alpha value is -0.320. The van der Waals surface area contributed by atoms with E-state index in [0.717, 1.165) is 23.5 Å². The topological polar surface area (TPSA) is 28.4 Å². The lowest BCUT2D eigenvalue weighted by molar-refractivity contribution is 0.230. The van der Waals surface area contributed by atoms with E-state index in [-0.39, 0.29) is 0 Å². The average Bonchev–Trinajstić information content (AvgIpc) is 2.82. The fourth-order valence-corrected chi connectivity index (χ4v) is 2.88. The predicted molar refractivity (Wildman–Crippen MR) is 73.0 cm³/mol. The quantitative estimate of drug-likeness (QED) is 0.926. The van der Waals surface area contributed by atoms with Crippen LogP contribution in [0.4, 0.5) is 0 Å². The van der Waals surface area contributed by atoms with Gasteiger partial charge in [0.25, 0.3) is 0 Å². The van der Waals surface area contributed by atoms with Crippen molar-refractivity contribution in [3.63, 3.8) is 0 Å². The highest BCUT2D eigenvalue weighted by atomic mass is 79.9. The minimum Gasteiger partial charge on any atom is -0.453 e. The maximum absolute atomic E-state index is 5.72. The molecule has 0 saturated carbocycles. The van der Waals surface area contributed by atoms with Gasteiger partial charge in [-0.2, -0.15) is 0 Å². The summed E-state index contributed by atoms with van der Waals surface area (Å²) < 4.78 is 6.54. The van der Waals surface area contributed by atoms with Gasteiger partial charge in [-0.3, -0.25) is 4.90 Å². The summed E-state index contributed by atoms with van der Waals surface area (Å²) in [5, 5.41) is 3.53. The van der Waals surface area contributed by atoms with Crippen molar-refractivity contribution in [3.05, 3.63) is 22.6 Å². The molecule has 3 nitrogen and oxygen atoms in total. The summed E-state index contributed by atoms with van der Waals surface area (Å²) in [6.45, 7) is 6.59. The van der Waals surface area contributed by atoms with Crippen LogP contribution in [0.15, 0.2) is 21.2 Å². The summed E-state index contributed by atoms with van der Waals surface area (Å²) in [6.07, 6.45) is 1.24. The zero-order chi connectivity index (χ0) is 12.4. The number of likely N-dealkylation sites (tertiary alicyclic amines) is 1. The fraction of sp³-hybridized carbons (Fsp3) is 0.692. The zero-order valence-corrected chi connectivity index (χ0v) is 12.3. The molecule has 1 N–H and O–H groups in total. The smallest absolute Gasteiger partial charge is 0.169 e. The van der Waals surface area contributed by atoms with Gasteiger partial charge in [-0.1, -0.05) is 13.8 Å². The number of rotatable bonds is 4. The van der Waals surface area contributed by atoms with Crippen LogP contribution >= 0.6 is 15.9 Å². The van der Waals surface area contributed by atoms with E-state index in [9.17, 15) is 0 Å². The molecule has 0 amide bonds. The normalized spacial score (nSPS) is 25.9. The van der Waals surface area contributed by atoms with Crippen molar-refractivity contribution in [2.75, 3.05) is 20.1 Å². The molecule has 0 aliphatic carbocycles. The second-order valence-corrected chi connectivity index (χ2v) is 5.96. The molecule has 2 rings (SSSR count). The summed E-state index contributed by atoms with van der Waals surface area (Å²) >= 11 is 3.38. The molecule has 0 spiro atoms. The molecule has 0 radical (unpaired) electrons. The maximum atomic E-state index is 5.72. The van der Waals surface area contributed by atoms with Crippen LogP contribution in [0.1, 0.15) is 32.1 Å². The maximum Gasteiger partial charge on any atom is 0.169 e. The van der Waals surface area contributed by atoms with Gasteiger partial charge in [-0.15, -0.1) is 0 Å². The van der Waals surface area contributed by atoms with Crippen molar-refractivity contribution >= 4 is 15.9 Å². The third-order valence-corrected chi connectivity index (χ3v) is 3.87. The van der Waals surface area contributed by atoms with Crippen LogP contribution in [0.2, 0.25) is 0 Å². The van der Waals surface area contributed by atoms with Gasteiger partial charge in [0, 0.05) is 12.6 Å². The van der Waals surface area contributed by atoms with E-state index in [2.05, 4.69) is 53.1 Å². The Morgan fingerprint density at radius 2 is 2.29 bits per heavy atom. The van der Waals surface area contributed by atoms with E-state index in [1.165, 1.54) is 6.42 Å². The van der Waals surface area contributed by atoms with Gasteiger partial charge >= 0.3 is 0 Å². The van der Waals surface area contributed by atoms with Gasteiger partial charge in [-0.25, -0.2) is 0 Å². The summed E-state index contributed by atoms with van der Waals surface area (Å²) in [5.41, 5.74) is 0. The Labute approximate surface area is 112 Å². The minimum absolute atomic E-state index is 0.410. The highest BCUT2D eigenvalue weighted by Crippen LogP contribution is 2.37. The first kappa shape index (κ1) is 13.1. The van der Waals surface area contributed by atoms with Gasteiger partial charge in [-0.05, 0) is 54.0 Å². The van der Waals surface area contributed by atoms with Crippen LogP contribution in [0, 0.1) is 5.92 Å². The molecule has 1 aliphatic rings. The lowest BCUT2D eigenvalue weighted by atomic mass is 9.98. The third kappa shape index (κ3) is 3.12. The molecule has 2 atom stereocenters. The first-order chi connectivity index (χ1) is 8.08. The second kappa shape index (κ2) is 5.55. The summed E-state index contributed by atoms with van der Waals surface area (Å²) in [4.78, 5) is 2.39. The van der Waals surface area contributed by atoms with E-state index >= 15 is 0 Å². The molecule has 1 fully saturated rings. The molecule has 1 aliphatic heterocycles. The molecule has 1 aromatic rings. The molecule has 1 saturated heterocycles. The Morgan fingerprint density at radius 3 is 2.88 bits per heavy atom. The summed E-state index contributed by atoms with van der Waals surface area (Å²) in [7, 11) is 2.18. The summed E-state index contributed by atoms with van der Waals surface area (Å²) in [6, 6.07) is 5.02. The summed E-state index contributed by atoms with van der Waals surface area (Å²) in [5.74, 6) is 1.72. The van der Waals surface area contributed by atoms with Gasteiger partial charge in [0.2, 0.25) is 0 Å². The monoisotopic (exact) mass is 300 g/mol. The van der Waals surface area contributed by atoms with Crippen LogP contribution in [-0.2, 0) is 0 Å². The first-order valence-electron chi connectivity index (χ1n) is 6.26. The Morgan fingerprint density at radius 1 is 1.53 bits per heavy atom. The van der Waals surface area contributed by atoms with Gasteiger partial charge in [0.1, 0.15) is 5.76 Å². The number of hydrogen-bond acceptors (Lipinski definition) is 3. The standard InChI is InChI=1S/C13H21BrN2O/c1-9(2)15-8-10-6-7-16(3)13(10)11-4-5-12(14)17-11/h4-5,9-10,13,15H,6-8H2,1-3H3. The van der Waals surface area contributed by atoms with E-state index in [0.29, 0.717) is 18.0 Å². The molecule has 0 bridgehead atoms. The Bertz CT molecular complexity index is 364. The van der Waals surface area contributed by atoms with Crippen molar-refractivity contribution in [3.8, 4) is 0 Å². The van der Waals surface area contributed by atoms with Gasteiger partial charge in [0.15, 0.2) is 4.67 Å². The third-order valence-electron chi connectivity index (χ3n) is 3.45. The van der Waals surface area contributed by atoms with E-state index in [1.54, 1.807) is 0 Å². The van der Waals surface area contributed by atoms with Crippen molar-refractivity contribution in [1.82, 2.24) is 10.2 Å². The highest BCUT2D eigenvalue weighted by Gasteiger charge is 2.34. The Kier molecular flexibility index (Phi) is 4.28. The van der Waals surface area contributed by atoms with Crippen molar-refractivity contribution < 1.29 is 4.42 Å². The SMILES string of the molecule is CC(C)NCC1CCN(C)C1c1ccc(Br)o1. The van der Waals surface area contributed by atoms with Crippen molar-refractivity contribution in [1.29, 1.82) is 0 Å².